The number of hydrogen-bond donors (Lipinski definition) is 2. The van der Waals surface area contributed by atoms with Crippen molar-refractivity contribution in [1.82, 2.24) is 5.32 Å². The minimum atomic E-state index is -0.916. The minimum absolute atomic E-state index is 0.205. The third-order valence-electron chi connectivity index (χ3n) is 1.49. The van der Waals surface area contributed by atoms with Crippen LogP contribution in [0.2, 0.25) is 0 Å². The summed E-state index contributed by atoms with van der Waals surface area (Å²) in [5.41, 5.74) is 0. The molecular weight excluding hydrogens is 146 g/mol. The van der Waals surface area contributed by atoms with E-state index in [2.05, 4.69) is 5.32 Å². The number of carbonyl (C=O) groups excluding carboxylic acids is 1. The number of carboxylic acid groups (broad SMARTS) is 1. The molecule has 0 amide bonds. The average molecular weight is 159 g/mol. The predicted molar refractivity (Wildman–Crippen MR) is 40.3 cm³/mol. The lowest BCUT2D eigenvalue weighted by atomic mass is 10.0. The molecule has 64 valence electrons. The van der Waals surface area contributed by atoms with Crippen LogP contribution in [-0.2, 0) is 9.59 Å². The van der Waals surface area contributed by atoms with Gasteiger partial charge in [0.2, 0.25) is 0 Å². The number of hydrogen-bond acceptors (Lipinski definition) is 3. The molecule has 2 N–H and O–H groups in total. The van der Waals surface area contributed by atoms with Crippen molar-refractivity contribution in [3.8, 4) is 0 Å². The molecule has 0 fully saturated rings. The molecule has 4 nitrogen and oxygen atoms in total. The largest absolute Gasteiger partial charge is 0.480 e. The van der Waals surface area contributed by atoms with Crippen molar-refractivity contribution in [3.05, 3.63) is 0 Å². The van der Waals surface area contributed by atoms with Gasteiger partial charge in [-0.05, 0) is 13.5 Å². The number of carbonyl (C=O) groups is 2. The van der Waals surface area contributed by atoms with Gasteiger partial charge in [0.05, 0.1) is 0 Å². The first-order valence-corrected chi connectivity index (χ1v) is 3.47. The molecule has 0 aliphatic carbocycles. The molecule has 0 radical (unpaired) electrons. The zero-order valence-corrected chi connectivity index (χ0v) is 6.70. The van der Waals surface area contributed by atoms with E-state index in [4.69, 9.17) is 5.11 Å². The van der Waals surface area contributed by atoms with Gasteiger partial charge in [-0.2, -0.15) is 0 Å². The van der Waals surface area contributed by atoms with E-state index in [-0.39, 0.29) is 5.92 Å². The normalized spacial score (nSPS) is 15.5. The average Bonchev–Trinajstić information content (AvgIpc) is 1.99. The van der Waals surface area contributed by atoms with Gasteiger partial charge >= 0.3 is 5.97 Å². The lowest BCUT2D eigenvalue weighted by molar-refractivity contribution is -0.139. The number of carboxylic acids is 1. The maximum Gasteiger partial charge on any atom is 0.320 e. The highest BCUT2D eigenvalue weighted by atomic mass is 16.4. The van der Waals surface area contributed by atoms with Crippen LogP contribution in [0.25, 0.3) is 0 Å². The summed E-state index contributed by atoms with van der Waals surface area (Å²) < 4.78 is 0. The summed E-state index contributed by atoms with van der Waals surface area (Å²) in [6.07, 6.45) is 1.10. The summed E-state index contributed by atoms with van der Waals surface area (Å²) in [7, 11) is 1.57. The van der Waals surface area contributed by atoms with E-state index in [0.717, 1.165) is 6.29 Å². The van der Waals surface area contributed by atoms with Gasteiger partial charge in [-0.1, -0.05) is 6.92 Å². The predicted octanol–water partition coefficient (Wildman–Crippen LogP) is -0.116. The van der Waals surface area contributed by atoms with Gasteiger partial charge in [-0.3, -0.25) is 4.79 Å². The molecule has 0 aromatic rings. The summed E-state index contributed by atoms with van der Waals surface area (Å²) in [4.78, 5) is 20.6. The number of likely N-dealkylation sites (N-methyl/N-ethyl adjacent to an activating group) is 1. The van der Waals surface area contributed by atoms with Gasteiger partial charge in [0.25, 0.3) is 0 Å². The molecule has 0 heterocycles. The molecule has 2 atom stereocenters. The summed E-state index contributed by atoms with van der Waals surface area (Å²) in [6, 6.07) is -0.616. The monoisotopic (exact) mass is 159 g/mol. The van der Waals surface area contributed by atoms with Crippen LogP contribution >= 0.6 is 0 Å². The van der Waals surface area contributed by atoms with Crippen LogP contribution in [-0.4, -0.2) is 30.5 Å². The van der Waals surface area contributed by atoms with E-state index >= 15 is 0 Å². The lowest BCUT2D eigenvalue weighted by Gasteiger charge is -2.11. The van der Waals surface area contributed by atoms with Gasteiger partial charge in [0.1, 0.15) is 12.3 Å². The van der Waals surface area contributed by atoms with Crippen molar-refractivity contribution < 1.29 is 14.7 Å². The Morgan fingerprint density at radius 2 is 2.27 bits per heavy atom. The Bertz CT molecular complexity index is 147. The molecule has 0 aromatic carbocycles. The van der Waals surface area contributed by atoms with E-state index in [9.17, 15) is 9.59 Å². The Hall–Kier alpha value is -0.900. The van der Waals surface area contributed by atoms with Crippen LogP contribution in [0, 0.1) is 5.92 Å². The van der Waals surface area contributed by atoms with E-state index in [1.54, 1.807) is 14.0 Å². The van der Waals surface area contributed by atoms with E-state index < -0.39 is 12.0 Å². The number of aliphatic carboxylic acids is 1. The first kappa shape index (κ1) is 10.1. The van der Waals surface area contributed by atoms with Crippen molar-refractivity contribution in [2.24, 2.45) is 5.92 Å². The fourth-order valence-corrected chi connectivity index (χ4v) is 0.769. The third kappa shape index (κ3) is 3.72. The molecule has 0 aliphatic rings. The van der Waals surface area contributed by atoms with E-state index in [1.807, 2.05) is 0 Å². The summed E-state index contributed by atoms with van der Waals surface area (Å²) in [6.45, 7) is 1.69. The van der Waals surface area contributed by atoms with Crippen molar-refractivity contribution in [2.75, 3.05) is 7.05 Å². The molecule has 0 saturated carbocycles. The molecule has 11 heavy (non-hydrogen) atoms. The van der Waals surface area contributed by atoms with Gasteiger partial charge in [0.15, 0.2) is 0 Å². The zero-order chi connectivity index (χ0) is 8.85. The van der Waals surface area contributed by atoms with Gasteiger partial charge < -0.3 is 15.2 Å². The first-order chi connectivity index (χ1) is 5.11. The molecule has 0 aromatic heterocycles. The topological polar surface area (TPSA) is 66.4 Å². The SMILES string of the molecule is CN[C@@H](CC(C)C=O)C(=O)O. The van der Waals surface area contributed by atoms with Crippen LogP contribution in [0.5, 0.6) is 0 Å². The minimum Gasteiger partial charge on any atom is -0.480 e. The van der Waals surface area contributed by atoms with Crippen LogP contribution in [0.3, 0.4) is 0 Å². The molecule has 0 rings (SSSR count). The van der Waals surface area contributed by atoms with Crippen LogP contribution in [0.4, 0.5) is 0 Å². The summed E-state index contributed by atoms with van der Waals surface area (Å²) in [5, 5.41) is 11.1. The van der Waals surface area contributed by atoms with Gasteiger partial charge in [-0.25, -0.2) is 0 Å². The fraction of sp³-hybridized carbons (Fsp3) is 0.714. The standard InChI is InChI=1S/C7H13NO3/c1-5(4-9)3-6(8-2)7(10)11/h4-6,8H,3H2,1-2H3,(H,10,11)/t5?,6-/m0/s1. The Morgan fingerprint density at radius 3 is 2.55 bits per heavy atom. The van der Waals surface area contributed by atoms with Gasteiger partial charge in [-0.15, -0.1) is 0 Å². The maximum absolute atomic E-state index is 10.4. The quantitative estimate of drug-likeness (QED) is 0.549. The second-order valence-corrected chi connectivity index (χ2v) is 2.53. The summed E-state index contributed by atoms with van der Waals surface area (Å²) in [5.74, 6) is -1.12. The van der Waals surface area contributed by atoms with Crippen LogP contribution in [0.1, 0.15) is 13.3 Å². The van der Waals surface area contributed by atoms with Crippen LogP contribution in [0.15, 0.2) is 0 Å². The van der Waals surface area contributed by atoms with Crippen LogP contribution < -0.4 is 5.32 Å². The Kier molecular flexibility index (Phi) is 4.45. The highest BCUT2D eigenvalue weighted by Crippen LogP contribution is 2.02. The highest BCUT2D eigenvalue weighted by Gasteiger charge is 2.17. The smallest absolute Gasteiger partial charge is 0.320 e. The second kappa shape index (κ2) is 4.85. The molecule has 1 unspecified atom stereocenters. The maximum atomic E-state index is 10.4. The molecular formula is C7H13NO3. The third-order valence-corrected chi connectivity index (χ3v) is 1.49. The van der Waals surface area contributed by atoms with Gasteiger partial charge in [0, 0.05) is 5.92 Å². The van der Waals surface area contributed by atoms with Crippen molar-refractivity contribution >= 4 is 12.3 Å². The second-order valence-electron chi connectivity index (χ2n) is 2.53. The Balaban J connectivity index is 3.87. The van der Waals surface area contributed by atoms with Crippen molar-refractivity contribution in [3.63, 3.8) is 0 Å². The lowest BCUT2D eigenvalue weighted by Crippen LogP contribution is -2.35. The number of aldehydes is 1. The zero-order valence-electron chi connectivity index (χ0n) is 6.70. The molecule has 0 saturated heterocycles. The van der Waals surface area contributed by atoms with E-state index in [0.29, 0.717) is 6.42 Å². The Morgan fingerprint density at radius 1 is 1.73 bits per heavy atom. The van der Waals surface area contributed by atoms with Crippen molar-refractivity contribution in [2.45, 2.75) is 19.4 Å². The summed E-state index contributed by atoms with van der Waals surface area (Å²) >= 11 is 0. The fourth-order valence-electron chi connectivity index (χ4n) is 0.769. The molecule has 0 bridgehead atoms. The van der Waals surface area contributed by atoms with E-state index in [1.165, 1.54) is 0 Å². The highest BCUT2D eigenvalue weighted by molar-refractivity contribution is 5.74. The molecule has 4 heteroatoms. The number of nitrogens with one attached hydrogen (secondary N) is 1. The van der Waals surface area contributed by atoms with Crippen molar-refractivity contribution in [1.29, 1.82) is 0 Å². The Labute approximate surface area is 65.6 Å². The molecule has 0 aliphatic heterocycles. The molecule has 0 spiro atoms. The first-order valence-electron chi connectivity index (χ1n) is 3.47. The number of rotatable bonds is 5.